The van der Waals surface area contributed by atoms with E-state index in [4.69, 9.17) is 17.3 Å². The number of carbonyl (C=O) groups is 1. The highest BCUT2D eigenvalue weighted by atomic mass is 35.5. The van der Waals surface area contributed by atoms with Gasteiger partial charge in [0.05, 0.1) is 26.9 Å². The second-order valence-corrected chi connectivity index (χ2v) is 4.37. The Morgan fingerprint density at radius 2 is 1.95 bits per heavy atom. The topological polar surface area (TPSA) is 98.3 Å². The van der Waals surface area contributed by atoms with E-state index < -0.39 is 10.8 Å². The van der Waals surface area contributed by atoms with Crippen molar-refractivity contribution in [3.8, 4) is 0 Å². The number of nitrogens with two attached hydrogens (primary N) is 1. The summed E-state index contributed by atoms with van der Waals surface area (Å²) in [6.45, 7) is 0. The fourth-order valence-electron chi connectivity index (χ4n) is 1.62. The molecule has 0 aliphatic carbocycles. The van der Waals surface area contributed by atoms with Crippen LogP contribution in [0.1, 0.15) is 10.4 Å². The molecule has 0 aliphatic heterocycles. The Morgan fingerprint density at radius 3 is 2.55 bits per heavy atom. The summed E-state index contributed by atoms with van der Waals surface area (Å²) in [5.41, 5.74) is 6.11. The predicted molar refractivity (Wildman–Crippen MR) is 76.9 cm³/mol. The molecule has 0 aromatic heterocycles. The van der Waals surface area contributed by atoms with Crippen LogP contribution < -0.4 is 11.1 Å². The average Bonchev–Trinajstić information content (AvgIpc) is 2.41. The number of benzene rings is 2. The minimum atomic E-state index is -0.577. The maximum Gasteiger partial charge on any atom is 0.271 e. The van der Waals surface area contributed by atoms with Crippen molar-refractivity contribution in [2.75, 3.05) is 11.1 Å². The lowest BCUT2D eigenvalue weighted by Crippen LogP contribution is -2.14. The number of nitrogens with zero attached hydrogens (tertiary/aromatic N) is 1. The highest BCUT2D eigenvalue weighted by Crippen LogP contribution is 2.24. The summed E-state index contributed by atoms with van der Waals surface area (Å²) in [6, 6.07) is 10.4. The van der Waals surface area contributed by atoms with Crippen LogP contribution in [0.25, 0.3) is 0 Å². The van der Waals surface area contributed by atoms with Gasteiger partial charge in [-0.1, -0.05) is 23.7 Å². The lowest BCUT2D eigenvalue weighted by molar-refractivity contribution is -0.384. The van der Waals surface area contributed by atoms with Crippen molar-refractivity contribution in [2.24, 2.45) is 0 Å². The standard InChI is InChI=1S/C13H10ClN3O3/c14-10-3-1-2-4-12(10)16-13(18)9-6-5-8(17(19)20)7-11(9)15/h1-7H,15H2,(H,16,18). The maximum absolute atomic E-state index is 12.0. The molecule has 0 saturated carbocycles. The molecule has 2 aromatic rings. The molecule has 0 atom stereocenters. The second kappa shape index (κ2) is 5.58. The lowest BCUT2D eigenvalue weighted by atomic mass is 10.1. The predicted octanol–water partition coefficient (Wildman–Crippen LogP) is 3.08. The lowest BCUT2D eigenvalue weighted by Gasteiger charge is -2.08. The molecule has 2 aromatic carbocycles. The minimum Gasteiger partial charge on any atom is -0.398 e. The van der Waals surface area contributed by atoms with Crippen LogP contribution in [0.2, 0.25) is 5.02 Å². The first-order valence-corrected chi connectivity index (χ1v) is 5.96. The molecule has 0 spiro atoms. The van der Waals surface area contributed by atoms with Crippen molar-refractivity contribution in [3.05, 3.63) is 63.2 Å². The Balaban J connectivity index is 2.26. The molecular formula is C13H10ClN3O3. The fraction of sp³-hybridized carbons (Fsp3) is 0. The van der Waals surface area contributed by atoms with E-state index in [0.29, 0.717) is 10.7 Å². The van der Waals surface area contributed by atoms with Gasteiger partial charge in [-0.3, -0.25) is 14.9 Å². The molecule has 20 heavy (non-hydrogen) atoms. The molecule has 0 aliphatic rings. The number of nitrogen functional groups attached to an aromatic ring is 1. The first-order chi connectivity index (χ1) is 9.49. The number of para-hydroxylation sites is 1. The van der Waals surface area contributed by atoms with Crippen molar-refractivity contribution in [3.63, 3.8) is 0 Å². The van der Waals surface area contributed by atoms with E-state index in [0.717, 1.165) is 6.07 Å². The molecule has 0 radical (unpaired) electrons. The van der Waals surface area contributed by atoms with Crippen LogP contribution in [0, 0.1) is 10.1 Å². The van der Waals surface area contributed by atoms with Gasteiger partial charge in [-0.15, -0.1) is 0 Å². The Bertz CT molecular complexity index is 688. The van der Waals surface area contributed by atoms with Crippen molar-refractivity contribution >= 4 is 34.6 Å². The van der Waals surface area contributed by atoms with Gasteiger partial charge in [0.1, 0.15) is 0 Å². The number of hydrogen-bond donors (Lipinski definition) is 2. The van der Waals surface area contributed by atoms with E-state index in [1.54, 1.807) is 24.3 Å². The largest absolute Gasteiger partial charge is 0.398 e. The molecule has 0 unspecified atom stereocenters. The third kappa shape index (κ3) is 2.86. The molecule has 0 saturated heterocycles. The number of non-ortho nitro benzene ring substituents is 1. The fourth-order valence-corrected chi connectivity index (χ4v) is 1.81. The van der Waals surface area contributed by atoms with Crippen LogP contribution in [0.15, 0.2) is 42.5 Å². The monoisotopic (exact) mass is 291 g/mol. The van der Waals surface area contributed by atoms with Gasteiger partial charge < -0.3 is 11.1 Å². The number of carbonyl (C=O) groups excluding carboxylic acids is 1. The van der Waals surface area contributed by atoms with Crippen molar-refractivity contribution in [1.82, 2.24) is 0 Å². The van der Waals surface area contributed by atoms with E-state index in [2.05, 4.69) is 5.32 Å². The van der Waals surface area contributed by atoms with Crippen LogP contribution in [-0.2, 0) is 0 Å². The minimum absolute atomic E-state index is 0.0313. The summed E-state index contributed by atoms with van der Waals surface area (Å²) in [4.78, 5) is 22.1. The summed E-state index contributed by atoms with van der Waals surface area (Å²) in [7, 11) is 0. The van der Waals surface area contributed by atoms with Gasteiger partial charge in [-0.2, -0.15) is 0 Å². The quantitative estimate of drug-likeness (QED) is 0.516. The van der Waals surface area contributed by atoms with E-state index in [1.165, 1.54) is 12.1 Å². The van der Waals surface area contributed by atoms with Gasteiger partial charge in [0.15, 0.2) is 0 Å². The number of nitrogens with one attached hydrogen (secondary N) is 1. The first-order valence-electron chi connectivity index (χ1n) is 5.59. The summed E-state index contributed by atoms with van der Waals surface area (Å²) in [5, 5.41) is 13.6. The number of rotatable bonds is 3. The Hall–Kier alpha value is -2.60. The molecule has 1 amide bonds. The van der Waals surface area contributed by atoms with Crippen LogP contribution >= 0.6 is 11.6 Å². The molecule has 102 valence electrons. The zero-order chi connectivity index (χ0) is 14.7. The maximum atomic E-state index is 12.0. The normalized spacial score (nSPS) is 10.1. The molecular weight excluding hydrogens is 282 g/mol. The summed E-state index contributed by atoms with van der Waals surface area (Å²) in [5.74, 6) is -0.481. The number of nitro benzene ring substituents is 1. The number of anilines is 2. The average molecular weight is 292 g/mol. The van der Waals surface area contributed by atoms with Crippen LogP contribution in [0.3, 0.4) is 0 Å². The van der Waals surface area contributed by atoms with Crippen LogP contribution in [-0.4, -0.2) is 10.8 Å². The molecule has 0 fully saturated rings. The number of nitro groups is 1. The number of hydrogen-bond acceptors (Lipinski definition) is 4. The SMILES string of the molecule is Nc1cc([N+](=O)[O-])ccc1C(=O)Nc1ccccc1Cl. The van der Waals surface area contributed by atoms with Crippen molar-refractivity contribution in [2.45, 2.75) is 0 Å². The Morgan fingerprint density at radius 1 is 1.25 bits per heavy atom. The van der Waals surface area contributed by atoms with Gasteiger partial charge >= 0.3 is 0 Å². The van der Waals surface area contributed by atoms with Crippen LogP contribution in [0.5, 0.6) is 0 Å². The Kier molecular flexibility index (Phi) is 3.86. The van der Waals surface area contributed by atoms with Gasteiger partial charge in [0.2, 0.25) is 0 Å². The van der Waals surface area contributed by atoms with Crippen molar-refractivity contribution < 1.29 is 9.72 Å². The van der Waals surface area contributed by atoms with E-state index >= 15 is 0 Å². The molecule has 0 heterocycles. The van der Waals surface area contributed by atoms with Gasteiger partial charge in [-0.25, -0.2) is 0 Å². The molecule has 2 rings (SSSR count). The molecule has 3 N–H and O–H groups in total. The molecule has 6 nitrogen and oxygen atoms in total. The zero-order valence-corrected chi connectivity index (χ0v) is 10.9. The van der Waals surface area contributed by atoms with E-state index in [-0.39, 0.29) is 16.9 Å². The van der Waals surface area contributed by atoms with Crippen molar-refractivity contribution in [1.29, 1.82) is 0 Å². The highest BCUT2D eigenvalue weighted by Gasteiger charge is 2.15. The highest BCUT2D eigenvalue weighted by molar-refractivity contribution is 6.34. The van der Waals surface area contributed by atoms with E-state index in [1.807, 2.05) is 0 Å². The van der Waals surface area contributed by atoms with E-state index in [9.17, 15) is 14.9 Å². The number of amides is 1. The van der Waals surface area contributed by atoms with Gasteiger partial charge in [-0.05, 0) is 18.2 Å². The summed E-state index contributed by atoms with van der Waals surface area (Å²) < 4.78 is 0. The Labute approximate surface area is 119 Å². The van der Waals surface area contributed by atoms with Gasteiger partial charge in [0, 0.05) is 12.1 Å². The summed E-state index contributed by atoms with van der Waals surface area (Å²) in [6.07, 6.45) is 0. The third-order valence-corrected chi connectivity index (χ3v) is 2.94. The molecule has 7 heteroatoms. The third-order valence-electron chi connectivity index (χ3n) is 2.61. The molecule has 0 bridgehead atoms. The summed E-state index contributed by atoms with van der Waals surface area (Å²) >= 11 is 5.93. The smallest absolute Gasteiger partial charge is 0.271 e. The van der Waals surface area contributed by atoms with Crippen LogP contribution in [0.4, 0.5) is 17.1 Å². The second-order valence-electron chi connectivity index (χ2n) is 3.96. The van der Waals surface area contributed by atoms with Gasteiger partial charge in [0.25, 0.3) is 11.6 Å². The first kappa shape index (κ1) is 13.8. The zero-order valence-electron chi connectivity index (χ0n) is 10.2. The number of halogens is 1.